The van der Waals surface area contributed by atoms with E-state index >= 15 is 0 Å². The van der Waals surface area contributed by atoms with Crippen molar-refractivity contribution in [3.63, 3.8) is 0 Å². The van der Waals surface area contributed by atoms with Crippen LogP contribution >= 0.6 is 46.1 Å². The van der Waals surface area contributed by atoms with Gasteiger partial charge in [0.2, 0.25) is 0 Å². The Balaban J connectivity index is 2.22. The molecular formula is C12H6Cl3NO3S. The smallest absolute Gasteiger partial charge is 0.337 e. The Hall–Kier alpha value is -1.27. The lowest BCUT2D eigenvalue weighted by molar-refractivity contribution is 0.0697. The molecule has 2 aromatic rings. The first-order chi connectivity index (χ1) is 9.38. The van der Waals surface area contributed by atoms with Crippen molar-refractivity contribution in [1.82, 2.24) is 0 Å². The van der Waals surface area contributed by atoms with Crippen LogP contribution in [0.4, 0.5) is 5.69 Å². The number of aromatic carboxylic acids is 1. The Morgan fingerprint density at radius 2 is 1.80 bits per heavy atom. The van der Waals surface area contributed by atoms with Crippen molar-refractivity contribution in [2.45, 2.75) is 0 Å². The van der Waals surface area contributed by atoms with Crippen molar-refractivity contribution < 1.29 is 14.7 Å². The van der Waals surface area contributed by atoms with E-state index in [1.165, 1.54) is 24.3 Å². The molecule has 0 unspecified atom stereocenters. The highest BCUT2D eigenvalue weighted by molar-refractivity contribution is 7.20. The molecule has 2 N–H and O–H groups in total. The summed E-state index contributed by atoms with van der Waals surface area (Å²) in [6.07, 6.45) is 0. The van der Waals surface area contributed by atoms with E-state index in [0.717, 1.165) is 11.3 Å². The lowest BCUT2D eigenvalue weighted by Crippen LogP contribution is -2.11. The normalized spacial score (nSPS) is 10.3. The molecule has 1 amide bonds. The minimum atomic E-state index is -1.14. The van der Waals surface area contributed by atoms with E-state index in [4.69, 9.17) is 39.9 Å². The standard InChI is InChI=1S/C12H6Cl3NO3S/c13-8-3-5(1-2-6(8)12(18)19)16-11(17)7-4-9(14)20-10(7)15/h1-4H,(H,16,17)(H,18,19). The summed E-state index contributed by atoms with van der Waals surface area (Å²) < 4.78 is 0.681. The largest absolute Gasteiger partial charge is 0.478 e. The van der Waals surface area contributed by atoms with Crippen molar-refractivity contribution in [2.24, 2.45) is 0 Å². The highest BCUT2D eigenvalue weighted by Crippen LogP contribution is 2.31. The summed E-state index contributed by atoms with van der Waals surface area (Å²) in [4.78, 5) is 22.8. The Bertz CT molecular complexity index is 699. The summed E-state index contributed by atoms with van der Waals surface area (Å²) in [6, 6.07) is 5.56. The molecule has 0 saturated carbocycles. The second-order valence-electron chi connectivity index (χ2n) is 3.69. The number of nitrogens with one attached hydrogen (secondary N) is 1. The second kappa shape index (κ2) is 6.01. The van der Waals surface area contributed by atoms with Crippen LogP contribution in [0.25, 0.3) is 0 Å². The van der Waals surface area contributed by atoms with E-state index < -0.39 is 11.9 Å². The summed E-state index contributed by atoms with van der Waals surface area (Å²) in [7, 11) is 0. The summed E-state index contributed by atoms with van der Waals surface area (Å²) in [5.41, 5.74) is 0.574. The number of carbonyl (C=O) groups is 2. The molecule has 8 heteroatoms. The monoisotopic (exact) mass is 349 g/mol. The minimum absolute atomic E-state index is 0.0322. The molecule has 2 rings (SSSR count). The van der Waals surface area contributed by atoms with E-state index in [-0.39, 0.29) is 20.5 Å². The molecule has 0 bridgehead atoms. The van der Waals surface area contributed by atoms with Crippen molar-refractivity contribution >= 4 is 63.7 Å². The molecule has 1 heterocycles. The predicted molar refractivity (Wildman–Crippen MR) is 80.7 cm³/mol. The van der Waals surface area contributed by atoms with Gasteiger partial charge in [0.05, 0.1) is 20.5 Å². The van der Waals surface area contributed by atoms with Crippen LogP contribution in [0.1, 0.15) is 20.7 Å². The summed E-state index contributed by atoms with van der Waals surface area (Å²) in [6.45, 7) is 0. The number of hydrogen-bond donors (Lipinski definition) is 2. The number of benzene rings is 1. The van der Waals surface area contributed by atoms with E-state index in [1.807, 2.05) is 0 Å². The van der Waals surface area contributed by atoms with Crippen LogP contribution in [-0.4, -0.2) is 17.0 Å². The zero-order valence-electron chi connectivity index (χ0n) is 9.62. The molecule has 0 aliphatic heterocycles. The molecule has 20 heavy (non-hydrogen) atoms. The third-order valence-electron chi connectivity index (χ3n) is 2.36. The molecule has 4 nitrogen and oxygen atoms in total. The molecule has 1 aromatic heterocycles. The Kier molecular flexibility index (Phi) is 4.55. The average molecular weight is 351 g/mol. The fourth-order valence-corrected chi connectivity index (χ4v) is 3.18. The van der Waals surface area contributed by atoms with Gasteiger partial charge < -0.3 is 10.4 Å². The average Bonchev–Trinajstić information content (AvgIpc) is 2.68. The zero-order chi connectivity index (χ0) is 14.9. The third-order valence-corrected chi connectivity index (χ3v) is 4.16. The summed E-state index contributed by atoms with van der Waals surface area (Å²) >= 11 is 18.5. The number of rotatable bonds is 3. The van der Waals surface area contributed by atoms with E-state index in [2.05, 4.69) is 5.32 Å². The number of carbonyl (C=O) groups excluding carboxylic acids is 1. The Labute approximate surface area is 132 Å². The zero-order valence-corrected chi connectivity index (χ0v) is 12.7. The van der Waals surface area contributed by atoms with Gasteiger partial charge in [0, 0.05) is 5.69 Å². The van der Waals surface area contributed by atoms with Gasteiger partial charge in [-0.25, -0.2) is 4.79 Å². The number of anilines is 1. The number of carboxylic acids is 1. The quantitative estimate of drug-likeness (QED) is 0.846. The first kappa shape index (κ1) is 15.1. The van der Waals surface area contributed by atoms with Crippen LogP contribution in [0, 0.1) is 0 Å². The molecule has 0 radical (unpaired) electrons. The molecule has 0 fully saturated rings. The number of thiophene rings is 1. The van der Waals surface area contributed by atoms with E-state index in [9.17, 15) is 9.59 Å². The Morgan fingerprint density at radius 1 is 1.10 bits per heavy atom. The molecule has 0 spiro atoms. The van der Waals surface area contributed by atoms with Crippen molar-refractivity contribution in [1.29, 1.82) is 0 Å². The first-order valence-electron chi connectivity index (χ1n) is 5.17. The van der Waals surface area contributed by atoms with E-state index in [1.54, 1.807) is 0 Å². The van der Waals surface area contributed by atoms with Gasteiger partial charge in [-0.2, -0.15) is 0 Å². The van der Waals surface area contributed by atoms with E-state index in [0.29, 0.717) is 10.0 Å². The molecular weight excluding hydrogens is 345 g/mol. The molecule has 0 atom stereocenters. The van der Waals surface area contributed by atoms with Gasteiger partial charge in [0.25, 0.3) is 5.91 Å². The van der Waals surface area contributed by atoms with Gasteiger partial charge in [-0.05, 0) is 24.3 Å². The van der Waals surface area contributed by atoms with Gasteiger partial charge in [-0.1, -0.05) is 34.8 Å². The highest BCUT2D eigenvalue weighted by Gasteiger charge is 2.15. The molecule has 0 aliphatic carbocycles. The SMILES string of the molecule is O=C(O)c1ccc(NC(=O)c2cc(Cl)sc2Cl)cc1Cl. The second-order valence-corrected chi connectivity index (χ2v) is 6.38. The number of amides is 1. The number of hydrogen-bond acceptors (Lipinski definition) is 3. The lowest BCUT2D eigenvalue weighted by atomic mass is 10.2. The Morgan fingerprint density at radius 3 is 2.30 bits per heavy atom. The maximum Gasteiger partial charge on any atom is 0.337 e. The van der Waals surface area contributed by atoms with Gasteiger partial charge in [-0.15, -0.1) is 11.3 Å². The maximum atomic E-state index is 12.0. The van der Waals surface area contributed by atoms with Gasteiger partial charge in [0.1, 0.15) is 4.34 Å². The summed E-state index contributed by atoms with van der Waals surface area (Å²) in [5.74, 6) is -1.59. The minimum Gasteiger partial charge on any atom is -0.478 e. The maximum absolute atomic E-state index is 12.0. The van der Waals surface area contributed by atoms with Crippen molar-refractivity contribution in [2.75, 3.05) is 5.32 Å². The number of carboxylic acid groups (broad SMARTS) is 1. The van der Waals surface area contributed by atoms with Crippen LogP contribution in [-0.2, 0) is 0 Å². The van der Waals surface area contributed by atoms with Crippen molar-refractivity contribution in [3.8, 4) is 0 Å². The fraction of sp³-hybridized carbons (Fsp3) is 0. The van der Waals surface area contributed by atoms with Gasteiger partial charge in [0.15, 0.2) is 0 Å². The molecule has 1 aromatic carbocycles. The van der Waals surface area contributed by atoms with Crippen LogP contribution in [0.2, 0.25) is 13.7 Å². The fourth-order valence-electron chi connectivity index (χ4n) is 1.46. The van der Waals surface area contributed by atoms with Crippen molar-refractivity contribution in [3.05, 3.63) is 49.1 Å². The molecule has 0 saturated heterocycles. The first-order valence-corrected chi connectivity index (χ1v) is 7.12. The van der Waals surface area contributed by atoms with Crippen LogP contribution in [0.5, 0.6) is 0 Å². The molecule has 0 aliphatic rings. The van der Waals surface area contributed by atoms with Crippen LogP contribution in [0.3, 0.4) is 0 Å². The van der Waals surface area contributed by atoms with Crippen LogP contribution in [0.15, 0.2) is 24.3 Å². The lowest BCUT2D eigenvalue weighted by Gasteiger charge is -2.06. The topological polar surface area (TPSA) is 66.4 Å². The third kappa shape index (κ3) is 3.24. The number of halogens is 3. The van der Waals surface area contributed by atoms with Gasteiger partial charge >= 0.3 is 5.97 Å². The van der Waals surface area contributed by atoms with Gasteiger partial charge in [-0.3, -0.25) is 4.79 Å². The highest BCUT2D eigenvalue weighted by atomic mass is 35.5. The molecule has 104 valence electrons. The summed E-state index contributed by atoms with van der Waals surface area (Å²) in [5, 5.41) is 11.5. The predicted octanol–water partition coefficient (Wildman–Crippen LogP) is 4.66. The van der Waals surface area contributed by atoms with Crippen LogP contribution < -0.4 is 5.32 Å².